The number of nitrogens with one attached hydrogen (secondary N) is 1. The fraction of sp³-hybridized carbons (Fsp3) is 0.545. The summed E-state index contributed by atoms with van der Waals surface area (Å²) in [5.41, 5.74) is 1.42. The average Bonchev–Trinajstić information content (AvgIpc) is 2.53. The van der Waals surface area contributed by atoms with Crippen molar-refractivity contribution in [1.82, 2.24) is 9.78 Å². The van der Waals surface area contributed by atoms with Gasteiger partial charge in [0.25, 0.3) is 0 Å². The fourth-order valence-electron chi connectivity index (χ4n) is 1.49. The summed E-state index contributed by atoms with van der Waals surface area (Å²) in [7, 11) is 1.79. The third-order valence-electron chi connectivity index (χ3n) is 2.32. The molecule has 1 rings (SSSR count). The lowest BCUT2D eigenvalue weighted by Gasteiger charge is -2.07. The van der Waals surface area contributed by atoms with Gasteiger partial charge in [0.1, 0.15) is 5.92 Å². The first-order valence-corrected chi connectivity index (χ1v) is 5.29. The third kappa shape index (κ3) is 2.83. The van der Waals surface area contributed by atoms with Crippen LogP contribution >= 0.6 is 0 Å². The van der Waals surface area contributed by atoms with E-state index in [1.54, 1.807) is 17.9 Å². The molecule has 1 heterocycles. The number of aromatic nitrogens is 2. The van der Waals surface area contributed by atoms with Crippen LogP contribution < -0.4 is 5.32 Å². The Morgan fingerprint density at radius 2 is 2.44 bits per heavy atom. The van der Waals surface area contributed by atoms with Gasteiger partial charge < -0.3 is 5.32 Å². The topological polar surface area (TPSA) is 70.7 Å². The fourth-order valence-corrected chi connectivity index (χ4v) is 1.49. The molecule has 1 aromatic rings. The van der Waals surface area contributed by atoms with Gasteiger partial charge in [0.05, 0.1) is 17.5 Å². The number of anilines is 1. The second-order valence-electron chi connectivity index (χ2n) is 3.76. The Labute approximate surface area is 95.1 Å². The third-order valence-corrected chi connectivity index (χ3v) is 2.32. The molecule has 0 spiro atoms. The molecule has 0 aliphatic heterocycles. The Balaban J connectivity index is 2.71. The summed E-state index contributed by atoms with van der Waals surface area (Å²) in [5.74, 6) is -0.829. The van der Waals surface area contributed by atoms with Gasteiger partial charge in [-0.2, -0.15) is 10.4 Å². The molecule has 1 amide bonds. The van der Waals surface area contributed by atoms with Crippen LogP contribution in [-0.2, 0) is 11.8 Å². The van der Waals surface area contributed by atoms with Crippen LogP contribution in [0.5, 0.6) is 0 Å². The van der Waals surface area contributed by atoms with Crippen LogP contribution in [0.4, 0.5) is 5.69 Å². The van der Waals surface area contributed by atoms with Gasteiger partial charge in [-0.25, -0.2) is 0 Å². The number of hydrogen-bond acceptors (Lipinski definition) is 3. The second kappa shape index (κ2) is 5.31. The summed E-state index contributed by atoms with van der Waals surface area (Å²) in [6.45, 7) is 3.77. The van der Waals surface area contributed by atoms with Crippen molar-refractivity contribution in [3.63, 3.8) is 0 Å². The van der Waals surface area contributed by atoms with Crippen LogP contribution in [-0.4, -0.2) is 15.7 Å². The van der Waals surface area contributed by atoms with Crippen molar-refractivity contribution in [2.75, 3.05) is 5.32 Å². The maximum atomic E-state index is 11.7. The molecule has 1 atom stereocenters. The van der Waals surface area contributed by atoms with Gasteiger partial charge in [0.15, 0.2) is 0 Å². The van der Waals surface area contributed by atoms with Crippen molar-refractivity contribution < 1.29 is 4.79 Å². The molecule has 0 aromatic carbocycles. The minimum absolute atomic E-state index is 0.250. The highest BCUT2D eigenvalue weighted by Crippen LogP contribution is 2.14. The highest BCUT2D eigenvalue weighted by Gasteiger charge is 2.18. The van der Waals surface area contributed by atoms with Crippen LogP contribution in [0.2, 0.25) is 0 Å². The van der Waals surface area contributed by atoms with Gasteiger partial charge in [-0.1, -0.05) is 13.3 Å². The van der Waals surface area contributed by atoms with E-state index in [0.717, 1.165) is 12.1 Å². The number of carbonyl (C=O) groups is 1. The average molecular weight is 220 g/mol. The summed E-state index contributed by atoms with van der Waals surface area (Å²) in [6.07, 6.45) is 3.13. The summed E-state index contributed by atoms with van der Waals surface area (Å²) >= 11 is 0. The lowest BCUT2D eigenvalue weighted by Crippen LogP contribution is -2.21. The molecule has 0 aliphatic rings. The van der Waals surface area contributed by atoms with E-state index in [1.165, 1.54) is 0 Å². The van der Waals surface area contributed by atoms with E-state index < -0.39 is 5.92 Å². The van der Waals surface area contributed by atoms with E-state index >= 15 is 0 Å². The Hall–Kier alpha value is -1.83. The maximum Gasteiger partial charge on any atom is 0.241 e. The van der Waals surface area contributed by atoms with E-state index in [0.29, 0.717) is 12.1 Å². The zero-order chi connectivity index (χ0) is 12.1. The number of nitrogens with zero attached hydrogens (tertiary/aromatic N) is 3. The quantitative estimate of drug-likeness (QED) is 0.837. The zero-order valence-electron chi connectivity index (χ0n) is 9.82. The maximum absolute atomic E-state index is 11.7. The standard InChI is InChI=1S/C11H16N4O/c1-4-5-9(6-12)11(16)13-10-7-15(3)14-8(10)2/h7,9H,4-5H2,1-3H3,(H,13,16). The van der Waals surface area contributed by atoms with Crippen molar-refractivity contribution in [3.05, 3.63) is 11.9 Å². The first kappa shape index (κ1) is 12.2. The normalized spacial score (nSPS) is 11.9. The highest BCUT2D eigenvalue weighted by atomic mass is 16.1. The van der Waals surface area contributed by atoms with Crippen molar-refractivity contribution in [2.45, 2.75) is 26.7 Å². The predicted molar refractivity (Wildman–Crippen MR) is 60.6 cm³/mol. The number of hydrogen-bond donors (Lipinski definition) is 1. The van der Waals surface area contributed by atoms with Gasteiger partial charge >= 0.3 is 0 Å². The molecule has 0 saturated heterocycles. The van der Waals surface area contributed by atoms with Crippen molar-refractivity contribution >= 4 is 11.6 Å². The Morgan fingerprint density at radius 3 is 2.88 bits per heavy atom. The molecule has 5 heteroatoms. The number of nitriles is 1. The SMILES string of the molecule is CCCC(C#N)C(=O)Nc1cn(C)nc1C. The molecular weight excluding hydrogens is 204 g/mol. The number of rotatable bonds is 4. The van der Waals surface area contributed by atoms with Crippen LogP contribution in [0.3, 0.4) is 0 Å². The Morgan fingerprint density at radius 1 is 1.75 bits per heavy atom. The summed E-state index contributed by atoms with van der Waals surface area (Å²) in [4.78, 5) is 11.7. The largest absolute Gasteiger partial charge is 0.322 e. The van der Waals surface area contributed by atoms with Crippen molar-refractivity contribution in [1.29, 1.82) is 5.26 Å². The number of carbonyl (C=O) groups excluding carboxylic acids is 1. The van der Waals surface area contributed by atoms with Crippen LogP contribution in [0, 0.1) is 24.2 Å². The molecule has 0 aliphatic carbocycles. The second-order valence-corrected chi connectivity index (χ2v) is 3.76. The Kier molecular flexibility index (Phi) is 4.06. The molecule has 0 fully saturated rings. The molecule has 0 radical (unpaired) electrons. The molecule has 1 unspecified atom stereocenters. The van der Waals surface area contributed by atoms with E-state index in [-0.39, 0.29) is 5.91 Å². The first-order chi connectivity index (χ1) is 7.58. The van der Waals surface area contributed by atoms with E-state index in [9.17, 15) is 4.79 Å². The molecule has 0 saturated carbocycles. The van der Waals surface area contributed by atoms with Crippen LogP contribution in [0.15, 0.2) is 6.20 Å². The van der Waals surface area contributed by atoms with Gasteiger partial charge in [-0.05, 0) is 13.3 Å². The smallest absolute Gasteiger partial charge is 0.241 e. The molecule has 1 N–H and O–H groups in total. The van der Waals surface area contributed by atoms with Crippen LogP contribution in [0.1, 0.15) is 25.5 Å². The summed E-state index contributed by atoms with van der Waals surface area (Å²) < 4.78 is 1.63. The Bertz CT molecular complexity index is 416. The van der Waals surface area contributed by atoms with Gasteiger partial charge in [0, 0.05) is 13.2 Å². The molecule has 1 aromatic heterocycles. The van der Waals surface area contributed by atoms with Crippen molar-refractivity contribution in [2.24, 2.45) is 13.0 Å². The summed E-state index contributed by atoms with van der Waals surface area (Å²) in [6, 6.07) is 2.01. The van der Waals surface area contributed by atoms with Gasteiger partial charge in [-0.3, -0.25) is 9.48 Å². The minimum Gasteiger partial charge on any atom is -0.322 e. The first-order valence-electron chi connectivity index (χ1n) is 5.29. The number of amides is 1. The highest BCUT2D eigenvalue weighted by molar-refractivity contribution is 5.94. The number of aryl methyl sites for hydroxylation is 2. The zero-order valence-corrected chi connectivity index (χ0v) is 9.82. The van der Waals surface area contributed by atoms with Crippen LogP contribution in [0.25, 0.3) is 0 Å². The summed E-state index contributed by atoms with van der Waals surface area (Å²) in [5, 5.41) is 15.7. The lowest BCUT2D eigenvalue weighted by atomic mass is 10.0. The minimum atomic E-state index is -0.579. The molecule has 86 valence electrons. The lowest BCUT2D eigenvalue weighted by molar-refractivity contribution is -0.118. The van der Waals surface area contributed by atoms with E-state index in [4.69, 9.17) is 5.26 Å². The predicted octanol–water partition coefficient (Wildman–Crippen LogP) is 1.61. The monoisotopic (exact) mass is 220 g/mol. The molecule has 16 heavy (non-hydrogen) atoms. The van der Waals surface area contributed by atoms with E-state index in [1.807, 2.05) is 19.9 Å². The van der Waals surface area contributed by atoms with Crippen molar-refractivity contribution in [3.8, 4) is 6.07 Å². The molecule has 5 nitrogen and oxygen atoms in total. The van der Waals surface area contributed by atoms with Gasteiger partial charge in [-0.15, -0.1) is 0 Å². The molecular formula is C11H16N4O. The van der Waals surface area contributed by atoms with Gasteiger partial charge in [0.2, 0.25) is 5.91 Å². The van der Waals surface area contributed by atoms with E-state index in [2.05, 4.69) is 10.4 Å². The molecule has 0 bridgehead atoms.